The van der Waals surface area contributed by atoms with Crippen LogP contribution in [0.5, 0.6) is 5.75 Å². The van der Waals surface area contributed by atoms with E-state index in [1.54, 1.807) is 12.1 Å². The summed E-state index contributed by atoms with van der Waals surface area (Å²) < 4.78 is 37.7. The van der Waals surface area contributed by atoms with Gasteiger partial charge >= 0.3 is 5.97 Å². The largest absolute Gasteiger partial charge is 0.495 e. The molecule has 0 atom stereocenters. The number of rotatable bonds is 8. The van der Waals surface area contributed by atoms with Gasteiger partial charge < -0.3 is 14.4 Å². The summed E-state index contributed by atoms with van der Waals surface area (Å²) in [5.74, 6) is -1.00. The fraction of sp³-hybridized carbons (Fsp3) is 0.364. The SMILES string of the molecule is CCN(C(=O)COC(=O)c1ccc(OC)c(S(=O)(=O)N2CCCC2)c1)c1ccccc1. The number of hydrogen-bond acceptors (Lipinski definition) is 6. The molecule has 0 radical (unpaired) electrons. The first-order chi connectivity index (χ1) is 14.9. The van der Waals surface area contributed by atoms with Crippen molar-refractivity contribution in [3.63, 3.8) is 0 Å². The Hall–Kier alpha value is -2.91. The normalized spacial score (nSPS) is 14.3. The van der Waals surface area contributed by atoms with Crippen molar-refractivity contribution in [2.75, 3.05) is 38.3 Å². The molecule has 0 spiro atoms. The van der Waals surface area contributed by atoms with Crippen molar-refractivity contribution in [3.8, 4) is 5.75 Å². The van der Waals surface area contributed by atoms with E-state index in [2.05, 4.69) is 0 Å². The molecule has 1 fully saturated rings. The van der Waals surface area contributed by atoms with E-state index in [1.165, 1.54) is 34.5 Å². The molecule has 0 saturated carbocycles. The van der Waals surface area contributed by atoms with Crippen molar-refractivity contribution in [3.05, 3.63) is 54.1 Å². The first-order valence-corrected chi connectivity index (χ1v) is 11.5. The molecular formula is C22H26N2O6S. The van der Waals surface area contributed by atoms with Crippen LogP contribution in [0.15, 0.2) is 53.4 Å². The third-order valence-corrected chi connectivity index (χ3v) is 7.01. The molecule has 1 aliphatic heterocycles. The Morgan fingerprint density at radius 3 is 2.35 bits per heavy atom. The fourth-order valence-electron chi connectivity index (χ4n) is 3.47. The number of ether oxygens (including phenoxy) is 2. The molecule has 0 bridgehead atoms. The van der Waals surface area contributed by atoms with Crippen molar-refractivity contribution in [2.45, 2.75) is 24.7 Å². The average Bonchev–Trinajstić information content (AvgIpc) is 3.34. The molecule has 2 aromatic carbocycles. The predicted octanol–water partition coefficient (Wildman–Crippen LogP) is 2.69. The molecule has 2 aromatic rings. The van der Waals surface area contributed by atoms with Crippen LogP contribution in [-0.2, 0) is 19.6 Å². The van der Waals surface area contributed by atoms with Crippen molar-refractivity contribution in [2.24, 2.45) is 0 Å². The van der Waals surface area contributed by atoms with Crippen LogP contribution in [0.2, 0.25) is 0 Å². The lowest BCUT2D eigenvalue weighted by atomic mass is 10.2. The molecule has 8 nitrogen and oxygen atoms in total. The van der Waals surface area contributed by atoms with Crippen molar-refractivity contribution in [1.82, 2.24) is 4.31 Å². The lowest BCUT2D eigenvalue weighted by Crippen LogP contribution is -2.34. The Morgan fingerprint density at radius 1 is 1.06 bits per heavy atom. The maximum Gasteiger partial charge on any atom is 0.338 e. The van der Waals surface area contributed by atoms with E-state index >= 15 is 0 Å². The van der Waals surface area contributed by atoms with E-state index in [1.807, 2.05) is 25.1 Å². The quantitative estimate of drug-likeness (QED) is 0.579. The van der Waals surface area contributed by atoms with Crippen LogP contribution in [0.4, 0.5) is 5.69 Å². The van der Waals surface area contributed by atoms with Crippen LogP contribution >= 0.6 is 0 Å². The zero-order valence-electron chi connectivity index (χ0n) is 17.6. The number of likely N-dealkylation sites (N-methyl/N-ethyl adjacent to an activating group) is 1. The predicted molar refractivity (Wildman–Crippen MR) is 116 cm³/mol. The summed E-state index contributed by atoms with van der Waals surface area (Å²) in [7, 11) is -2.42. The van der Waals surface area contributed by atoms with Crippen LogP contribution < -0.4 is 9.64 Å². The Labute approximate surface area is 182 Å². The Morgan fingerprint density at radius 2 is 1.74 bits per heavy atom. The first kappa shape index (κ1) is 22.8. The summed E-state index contributed by atoms with van der Waals surface area (Å²) in [6, 6.07) is 13.2. The molecule has 1 aliphatic rings. The number of esters is 1. The number of methoxy groups -OCH3 is 1. The number of sulfonamides is 1. The van der Waals surface area contributed by atoms with Gasteiger partial charge in [-0.1, -0.05) is 18.2 Å². The topological polar surface area (TPSA) is 93.2 Å². The lowest BCUT2D eigenvalue weighted by molar-refractivity contribution is -0.121. The molecule has 0 aromatic heterocycles. The summed E-state index contributed by atoms with van der Waals surface area (Å²) in [6.45, 7) is 2.65. The second-order valence-corrected chi connectivity index (χ2v) is 8.93. The molecule has 166 valence electrons. The van der Waals surface area contributed by atoms with E-state index in [9.17, 15) is 18.0 Å². The molecule has 1 amide bonds. The van der Waals surface area contributed by atoms with E-state index in [4.69, 9.17) is 9.47 Å². The van der Waals surface area contributed by atoms with Gasteiger partial charge in [-0.15, -0.1) is 0 Å². The zero-order valence-corrected chi connectivity index (χ0v) is 18.4. The number of hydrogen-bond donors (Lipinski definition) is 0. The minimum Gasteiger partial charge on any atom is -0.495 e. The average molecular weight is 447 g/mol. The van der Waals surface area contributed by atoms with Gasteiger partial charge in [0.2, 0.25) is 10.0 Å². The highest BCUT2D eigenvalue weighted by molar-refractivity contribution is 7.89. The highest BCUT2D eigenvalue weighted by Gasteiger charge is 2.31. The molecule has 0 aliphatic carbocycles. The standard InChI is InChI=1S/C22H26N2O6S/c1-3-24(18-9-5-4-6-10-18)21(25)16-30-22(26)17-11-12-19(29-2)20(15-17)31(27,28)23-13-7-8-14-23/h4-6,9-12,15H,3,7-8,13-14,16H2,1-2H3. The number of para-hydroxylation sites is 1. The van der Waals surface area contributed by atoms with Gasteiger partial charge in [-0.3, -0.25) is 4.79 Å². The summed E-state index contributed by atoms with van der Waals surface area (Å²) in [5, 5.41) is 0. The second-order valence-electron chi connectivity index (χ2n) is 7.03. The van der Waals surface area contributed by atoms with Gasteiger partial charge in [0.15, 0.2) is 6.61 Å². The van der Waals surface area contributed by atoms with Gasteiger partial charge in [0, 0.05) is 25.3 Å². The number of amides is 1. The monoisotopic (exact) mass is 446 g/mol. The fourth-order valence-corrected chi connectivity index (χ4v) is 5.17. The van der Waals surface area contributed by atoms with Crippen molar-refractivity contribution in [1.29, 1.82) is 0 Å². The summed E-state index contributed by atoms with van der Waals surface area (Å²) in [6.07, 6.45) is 1.58. The first-order valence-electron chi connectivity index (χ1n) is 10.1. The summed E-state index contributed by atoms with van der Waals surface area (Å²) in [5.41, 5.74) is 0.739. The molecule has 0 unspecified atom stereocenters. The van der Waals surface area contributed by atoms with Crippen molar-refractivity contribution < 1.29 is 27.5 Å². The lowest BCUT2D eigenvalue weighted by Gasteiger charge is -2.21. The Balaban J connectivity index is 1.75. The van der Waals surface area contributed by atoms with Crippen molar-refractivity contribution >= 4 is 27.6 Å². The third kappa shape index (κ3) is 5.05. The second kappa shape index (κ2) is 9.93. The number of carbonyl (C=O) groups is 2. The van der Waals surface area contributed by atoms with Crippen LogP contribution in [-0.4, -0.2) is 58.0 Å². The van der Waals surface area contributed by atoms with Gasteiger partial charge in [0.25, 0.3) is 5.91 Å². The third-order valence-electron chi connectivity index (χ3n) is 5.09. The summed E-state index contributed by atoms with van der Waals surface area (Å²) in [4.78, 5) is 26.5. The summed E-state index contributed by atoms with van der Waals surface area (Å²) >= 11 is 0. The van der Waals surface area contributed by atoms with Crippen LogP contribution in [0.25, 0.3) is 0 Å². The molecule has 1 heterocycles. The number of benzene rings is 2. The Kier molecular flexibility index (Phi) is 7.29. The minimum absolute atomic E-state index is 0.0362. The smallest absolute Gasteiger partial charge is 0.338 e. The van der Waals surface area contributed by atoms with E-state index in [0.29, 0.717) is 25.3 Å². The molecule has 0 N–H and O–H groups in total. The maximum absolute atomic E-state index is 13.0. The molecule has 1 saturated heterocycles. The molecular weight excluding hydrogens is 420 g/mol. The number of carbonyl (C=O) groups excluding carboxylic acids is 2. The van der Waals surface area contributed by atoms with Gasteiger partial charge in [-0.05, 0) is 50.1 Å². The van der Waals surface area contributed by atoms with Crippen LogP contribution in [0.1, 0.15) is 30.1 Å². The van der Waals surface area contributed by atoms with Gasteiger partial charge in [0.05, 0.1) is 12.7 Å². The van der Waals surface area contributed by atoms with Gasteiger partial charge in [-0.2, -0.15) is 4.31 Å². The molecule has 9 heteroatoms. The number of nitrogens with zero attached hydrogens (tertiary/aromatic N) is 2. The highest BCUT2D eigenvalue weighted by Crippen LogP contribution is 2.30. The Bertz CT molecular complexity index is 1030. The van der Waals surface area contributed by atoms with E-state index in [-0.39, 0.29) is 22.1 Å². The molecule has 3 rings (SSSR count). The maximum atomic E-state index is 13.0. The van der Waals surface area contributed by atoms with E-state index in [0.717, 1.165) is 12.8 Å². The van der Waals surface area contributed by atoms with Gasteiger partial charge in [0.1, 0.15) is 10.6 Å². The zero-order chi connectivity index (χ0) is 22.4. The molecule has 31 heavy (non-hydrogen) atoms. The minimum atomic E-state index is -3.80. The van der Waals surface area contributed by atoms with Crippen LogP contribution in [0, 0.1) is 0 Å². The number of anilines is 1. The van der Waals surface area contributed by atoms with E-state index < -0.39 is 22.6 Å². The van der Waals surface area contributed by atoms with Crippen LogP contribution in [0.3, 0.4) is 0 Å². The van der Waals surface area contributed by atoms with Gasteiger partial charge in [-0.25, -0.2) is 13.2 Å². The highest BCUT2D eigenvalue weighted by atomic mass is 32.2.